The van der Waals surface area contributed by atoms with Crippen LogP contribution < -0.4 is 10.6 Å². The number of pyridine rings is 1. The molecule has 0 fully saturated rings. The highest BCUT2D eigenvalue weighted by atomic mass is 16.2. The van der Waals surface area contributed by atoms with Crippen LogP contribution in [-0.4, -0.2) is 22.8 Å². The average molecular weight is 322 g/mol. The third-order valence-corrected chi connectivity index (χ3v) is 3.48. The highest BCUT2D eigenvalue weighted by Gasteiger charge is 2.13. The fourth-order valence-corrected chi connectivity index (χ4v) is 1.91. The molecular weight excluding hydrogens is 304 g/mol. The number of hydrogen-bond acceptors (Lipinski definition) is 4. The first-order valence-electron chi connectivity index (χ1n) is 7.63. The quantitative estimate of drug-likeness (QED) is 0.885. The molecule has 1 unspecified atom stereocenters. The topological polar surface area (TPSA) is 94.9 Å². The Morgan fingerprint density at radius 1 is 1.12 bits per heavy atom. The summed E-state index contributed by atoms with van der Waals surface area (Å²) in [6.07, 6.45) is 0.810. The molecule has 0 bridgehead atoms. The summed E-state index contributed by atoms with van der Waals surface area (Å²) < 4.78 is 0. The van der Waals surface area contributed by atoms with Gasteiger partial charge in [-0.1, -0.05) is 13.0 Å². The molecule has 1 atom stereocenters. The lowest BCUT2D eigenvalue weighted by Gasteiger charge is -2.11. The summed E-state index contributed by atoms with van der Waals surface area (Å²) >= 11 is 0. The van der Waals surface area contributed by atoms with Gasteiger partial charge in [0.2, 0.25) is 0 Å². The van der Waals surface area contributed by atoms with E-state index in [1.165, 1.54) is 0 Å². The van der Waals surface area contributed by atoms with Crippen molar-refractivity contribution in [3.63, 3.8) is 0 Å². The fourth-order valence-electron chi connectivity index (χ4n) is 1.91. The molecule has 2 rings (SSSR count). The summed E-state index contributed by atoms with van der Waals surface area (Å²) in [7, 11) is 0. The van der Waals surface area contributed by atoms with Crippen molar-refractivity contribution in [2.75, 3.05) is 5.32 Å². The Labute approximate surface area is 140 Å². The van der Waals surface area contributed by atoms with Crippen molar-refractivity contribution in [2.45, 2.75) is 26.3 Å². The predicted octanol–water partition coefficient (Wildman–Crippen LogP) is 2.73. The van der Waals surface area contributed by atoms with E-state index in [0.717, 1.165) is 6.42 Å². The molecule has 0 saturated carbocycles. The molecule has 2 amide bonds. The molecule has 2 N–H and O–H groups in total. The molecule has 0 aliphatic carbocycles. The first kappa shape index (κ1) is 17.2. The maximum atomic E-state index is 12.3. The molecule has 6 nitrogen and oxygen atoms in total. The Morgan fingerprint density at radius 2 is 1.75 bits per heavy atom. The van der Waals surface area contributed by atoms with Crippen LogP contribution in [0.25, 0.3) is 0 Å². The van der Waals surface area contributed by atoms with Gasteiger partial charge in [0.15, 0.2) is 0 Å². The fraction of sp³-hybridized carbons (Fsp3) is 0.222. The zero-order valence-corrected chi connectivity index (χ0v) is 13.5. The van der Waals surface area contributed by atoms with Crippen LogP contribution in [0.15, 0.2) is 42.5 Å². The highest BCUT2D eigenvalue weighted by Crippen LogP contribution is 2.10. The normalized spacial score (nSPS) is 11.2. The molecule has 24 heavy (non-hydrogen) atoms. The molecule has 1 heterocycles. The second-order valence-corrected chi connectivity index (χ2v) is 5.33. The van der Waals surface area contributed by atoms with Crippen molar-refractivity contribution < 1.29 is 9.59 Å². The van der Waals surface area contributed by atoms with E-state index in [4.69, 9.17) is 5.26 Å². The maximum absolute atomic E-state index is 12.3. The van der Waals surface area contributed by atoms with E-state index in [2.05, 4.69) is 15.6 Å². The SMILES string of the molecule is CCC(C)NC(=O)c1cccc(C(=O)Nc2ccc(C#N)cc2)n1. The van der Waals surface area contributed by atoms with Gasteiger partial charge in [0.05, 0.1) is 11.6 Å². The second kappa shape index (κ2) is 7.88. The molecule has 0 spiro atoms. The Morgan fingerprint density at radius 3 is 2.33 bits per heavy atom. The highest BCUT2D eigenvalue weighted by molar-refractivity contribution is 6.03. The van der Waals surface area contributed by atoms with Crippen LogP contribution in [0.1, 0.15) is 46.8 Å². The molecule has 6 heteroatoms. The minimum atomic E-state index is -0.419. The first-order chi connectivity index (χ1) is 11.5. The number of benzene rings is 1. The van der Waals surface area contributed by atoms with Crippen LogP contribution in [0.4, 0.5) is 5.69 Å². The van der Waals surface area contributed by atoms with Crippen molar-refractivity contribution in [2.24, 2.45) is 0 Å². The van der Waals surface area contributed by atoms with Crippen molar-refractivity contribution in [3.8, 4) is 6.07 Å². The van der Waals surface area contributed by atoms with Gasteiger partial charge >= 0.3 is 0 Å². The lowest BCUT2D eigenvalue weighted by atomic mass is 10.2. The molecule has 2 aromatic rings. The first-order valence-corrected chi connectivity index (χ1v) is 7.63. The lowest BCUT2D eigenvalue weighted by Crippen LogP contribution is -2.32. The van der Waals surface area contributed by atoms with Gasteiger partial charge in [-0.15, -0.1) is 0 Å². The third kappa shape index (κ3) is 4.40. The van der Waals surface area contributed by atoms with Crippen molar-refractivity contribution >= 4 is 17.5 Å². The van der Waals surface area contributed by atoms with Gasteiger partial charge in [-0.2, -0.15) is 5.26 Å². The number of rotatable bonds is 5. The van der Waals surface area contributed by atoms with E-state index in [0.29, 0.717) is 11.3 Å². The number of anilines is 1. The van der Waals surface area contributed by atoms with Gasteiger partial charge in [-0.25, -0.2) is 4.98 Å². The number of aromatic nitrogens is 1. The maximum Gasteiger partial charge on any atom is 0.274 e. The van der Waals surface area contributed by atoms with Crippen molar-refractivity contribution in [3.05, 3.63) is 59.4 Å². The Hall–Kier alpha value is -3.20. The van der Waals surface area contributed by atoms with Crippen LogP contribution in [0.5, 0.6) is 0 Å². The van der Waals surface area contributed by atoms with Crippen LogP contribution in [0, 0.1) is 11.3 Å². The molecule has 1 aromatic heterocycles. The molecule has 122 valence electrons. The monoisotopic (exact) mass is 322 g/mol. The van der Waals surface area contributed by atoms with E-state index >= 15 is 0 Å². The summed E-state index contributed by atoms with van der Waals surface area (Å²) in [5.74, 6) is -0.727. The van der Waals surface area contributed by atoms with E-state index in [1.54, 1.807) is 42.5 Å². The van der Waals surface area contributed by atoms with Crippen LogP contribution >= 0.6 is 0 Å². The number of nitrogens with zero attached hydrogens (tertiary/aromatic N) is 2. The number of nitriles is 1. The molecule has 0 saturated heterocycles. The molecule has 0 radical (unpaired) electrons. The molecule has 0 aliphatic rings. The Balaban J connectivity index is 2.10. The van der Waals surface area contributed by atoms with E-state index in [9.17, 15) is 9.59 Å². The van der Waals surface area contributed by atoms with E-state index in [1.807, 2.05) is 19.9 Å². The average Bonchev–Trinajstić information content (AvgIpc) is 2.62. The van der Waals surface area contributed by atoms with Gasteiger partial charge in [0.1, 0.15) is 11.4 Å². The van der Waals surface area contributed by atoms with Crippen molar-refractivity contribution in [1.29, 1.82) is 5.26 Å². The van der Waals surface area contributed by atoms with E-state index < -0.39 is 5.91 Å². The van der Waals surface area contributed by atoms with Gasteiger partial charge in [-0.05, 0) is 49.7 Å². The zero-order valence-electron chi connectivity index (χ0n) is 13.5. The Bertz CT molecular complexity index is 778. The molecule has 1 aromatic carbocycles. The van der Waals surface area contributed by atoms with Crippen LogP contribution in [0.3, 0.4) is 0 Å². The number of amides is 2. The summed E-state index contributed by atoms with van der Waals surface area (Å²) in [6.45, 7) is 3.87. The van der Waals surface area contributed by atoms with E-state index in [-0.39, 0.29) is 23.3 Å². The number of nitrogens with one attached hydrogen (secondary N) is 2. The Kier molecular flexibility index (Phi) is 5.63. The van der Waals surface area contributed by atoms with Crippen LogP contribution in [0.2, 0.25) is 0 Å². The predicted molar refractivity (Wildman–Crippen MR) is 90.6 cm³/mol. The second-order valence-electron chi connectivity index (χ2n) is 5.33. The van der Waals surface area contributed by atoms with Crippen LogP contribution in [-0.2, 0) is 0 Å². The summed E-state index contributed by atoms with van der Waals surface area (Å²) in [5, 5.41) is 14.3. The number of hydrogen-bond donors (Lipinski definition) is 2. The van der Waals surface area contributed by atoms with Gasteiger partial charge in [-0.3, -0.25) is 9.59 Å². The van der Waals surface area contributed by atoms with Gasteiger partial charge < -0.3 is 10.6 Å². The smallest absolute Gasteiger partial charge is 0.274 e. The van der Waals surface area contributed by atoms with Gasteiger partial charge in [0.25, 0.3) is 11.8 Å². The molecular formula is C18H18N4O2. The van der Waals surface area contributed by atoms with Gasteiger partial charge in [0, 0.05) is 11.7 Å². The summed E-state index contributed by atoms with van der Waals surface area (Å²) in [5.41, 5.74) is 1.41. The lowest BCUT2D eigenvalue weighted by molar-refractivity contribution is 0.0934. The minimum absolute atomic E-state index is 0.0374. The van der Waals surface area contributed by atoms with Crippen molar-refractivity contribution in [1.82, 2.24) is 10.3 Å². The molecule has 0 aliphatic heterocycles. The minimum Gasteiger partial charge on any atom is -0.348 e. The summed E-state index contributed by atoms with van der Waals surface area (Å²) in [4.78, 5) is 28.4. The number of carbonyl (C=O) groups excluding carboxylic acids is 2. The standard InChI is InChI=1S/C18H18N4O2/c1-3-12(2)20-17(23)15-5-4-6-16(22-15)18(24)21-14-9-7-13(11-19)8-10-14/h4-10,12H,3H2,1-2H3,(H,20,23)(H,21,24). The largest absolute Gasteiger partial charge is 0.348 e. The number of carbonyl (C=O) groups is 2. The zero-order chi connectivity index (χ0) is 17.5. The summed E-state index contributed by atoms with van der Waals surface area (Å²) in [6, 6.07) is 13.3. The third-order valence-electron chi connectivity index (χ3n) is 3.48.